The molecule has 0 heterocycles. The molecule has 208 valence electrons. The van der Waals surface area contributed by atoms with Gasteiger partial charge in [0.2, 0.25) is 0 Å². The summed E-state index contributed by atoms with van der Waals surface area (Å²) in [6, 6.07) is 25.6. The van der Waals surface area contributed by atoms with Crippen LogP contribution >= 0.6 is 31.9 Å². The van der Waals surface area contributed by atoms with Gasteiger partial charge in [0.25, 0.3) is 11.4 Å². The summed E-state index contributed by atoms with van der Waals surface area (Å²) in [6.45, 7) is 0. The predicted octanol–water partition coefficient (Wildman–Crippen LogP) is 8.65. The molecular formula is C30H22Br2N2O6S. The van der Waals surface area contributed by atoms with E-state index in [4.69, 9.17) is 0 Å². The highest BCUT2D eigenvalue weighted by Gasteiger charge is 2.33. The van der Waals surface area contributed by atoms with E-state index in [1.54, 1.807) is 97.1 Å². The predicted molar refractivity (Wildman–Crippen MR) is 167 cm³/mol. The lowest BCUT2D eigenvalue weighted by Gasteiger charge is -2.22. The molecule has 0 saturated heterocycles. The van der Waals surface area contributed by atoms with Gasteiger partial charge in [0, 0.05) is 33.2 Å². The maximum absolute atomic E-state index is 14.4. The fourth-order valence-corrected chi connectivity index (χ4v) is 6.61. The summed E-state index contributed by atoms with van der Waals surface area (Å²) in [4.78, 5) is 21.1. The molecule has 0 saturated carbocycles. The van der Waals surface area contributed by atoms with Gasteiger partial charge in [-0.15, -0.1) is 0 Å². The Morgan fingerprint density at radius 1 is 0.561 bits per heavy atom. The van der Waals surface area contributed by atoms with Crippen molar-refractivity contribution in [3.05, 3.63) is 161 Å². The highest BCUT2D eigenvalue weighted by Crippen LogP contribution is 2.38. The molecule has 0 spiro atoms. The largest absolute Gasteiger partial charge is 0.269 e. The van der Waals surface area contributed by atoms with Gasteiger partial charge in [-0.2, -0.15) is 0 Å². The van der Waals surface area contributed by atoms with Crippen molar-refractivity contribution < 1.29 is 18.3 Å². The quantitative estimate of drug-likeness (QED) is 0.121. The van der Waals surface area contributed by atoms with Crippen LogP contribution in [-0.2, 0) is 9.84 Å². The zero-order chi connectivity index (χ0) is 29.6. The van der Waals surface area contributed by atoms with Crippen LogP contribution in [0.15, 0.2) is 118 Å². The summed E-state index contributed by atoms with van der Waals surface area (Å²) >= 11 is 6.79. The van der Waals surface area contributed by atoms with Crippen LogP contribution in [0.2, 0.25) is 0 Å². The number of rotatable bonds is 10. The summed E-state index contributed by atoms with van der Waals surface area (Å²) in [5.41, 5.74) is 2.16. The molecule has 0 aromatic heterocycles. The molecule has 0 aliphatic carbocycles. The van der Waals surface area contributed by atoms with Crippen molar-refractivity contribution in [1.82, 2.24) is 0 Å². The molecule has 2 atom stereocenters. The van der Waals surface area contributed by atoms with E-state index in [-0.39, 0.29) is 11.4 Å². The molecule has 4 aromatic carbocycles. The Bertz CT molecular complexity index is 1580. The third-order valence-electron chi connectivity index (χ3n) is 6.24. The van der Waals surface area contributed by atoms with Gasteiger partial charge < -0.3 is 0 Å². The minimum absolute atomic E-state index is 0.0640. The Morgan fingerprint density at radius 2 is 0.878 bits per heavy atom. The van der Waals surface area contributed by atoms with Crippen LogP contribution in [0.3, 0.4) is 0 Å². The molecule has 4 rings (SSSR count). The number of non-ortho nitro benzene ring substituents is 2. The lowest BCUT2D eigenvalue weighted by Crippen LogP contribution is -2.19. The van der Waals surface area contributed by atoms with Crippen molar-refractivity contribution in [1.29, 1.82) is 0 Å². The van der Waals surface area contributed by atoms with Crippen LogP contribution in [-0.4, -0.2) is 18.3 Å². The van der Waals surface area contributed by atoms with Crippen LogP contribution in [0, 0.1) is 20.2 Å². The Balaban J connectivity index is 1.79. The van der Waals surface area contributed by atoms with Gasteiger partial charge in [-0.3, -0.25) is 20.2 Å². The molecule has 4 aromatic rings. The lowest BCUT2D eigenvalue weighted by molar-refractivity contribution is -0.385. The van der Waals surface area contributed by atoms with E-state index in [9.17, 15) is 28.6 Å². The topological polar surface area (TPSA) is 120 Å². The molecule has 8 nitrogen and oxygen atoms in total. The van der Waals surface area contributed by atoms with Crippen LogP contribution in [0.4, 0.5) is 11.4 Å². The molecule has 0 fully saturated rings. The monoisotopic (exact) mass is 696 g/mol. The van der Waals surface area contributed by atoms with Gasteiger partial charge in [0.15, 0.2) is 9.84 Å². The standard InChI is InChI=1S/C30H22Br2N2O6S/c31-25-11-7-23(8-12-25)29(19-5-21-1-15-27(16-2-21)33(35)36)41(39,40)30(24-9-13-26(32)14-10-24)20-6-22-3-17-28(18-4-22)34(37)38/h1-20,29-30H. The van der Waals surface area contributed by atoms with Gasteiger partial charge in [0.1, 0.15) is 10.5 Å². The fraction of sp³-hybridized carbons (Fsp3) is 0.0667. The number of sulfone groups is 1. The molecule has 0 bridgehead atoms. The van der Waals surface area contributed by atoms with Gasteiger partial charge in [-0.1, -0.05) is 80.4 Å². The van der Waals surface area contributed by atoms with Crippen molar-refractivity contribution >= 4 is 65.2 Å². The summed E-state index contributed by atoms with van der Waals surface area (Å²) in [5, 5.41) is 19.9. The zero-order valence-corrected chi connectivity index (χ0v) is 25.2. The van der Waals surface area contributed by atoms with Crippen LogP contribution in [0.1, 0.15) is 32.8 Å². The number of nitro benzene ring substituents is 2. The molecule has 11 heteroatoms. The van der Waals surface area contributed by atoms with E-state index in [0.717, 1.165) is 8.95 Å². The second kappa shape index (κ2) is 13.2. The normalized spacial score (nSPS) is 13.3. The Morgan fingerprint density at radius 3 is 1.17 bits per heavy atom. The van der Waals surface area contributed by atoms with Crippen LogP contribution in [0.5, 0.6) is 0 Å². The van der Waals surface area contributed by atoms with E-state index in [0.29, 0.717) is 22.3 Å². The number of nitro groups is 2. The van der Waals surface area contributed by atoms with Gasteiger partial charge >= 0.3 is 0 Å². The van der Waals surface area contributed by atoms with E-state index in [1.165, 1.54) is 24.3 Å². The molecule has 41 heavy (non-hydrogen) atoms. The van der Waals surface area contributed by atoms with E-state index in [2.05, 4.69) is 31.9 Å². The van der Waals surface area contributed by atoms with Crippen LogP contribution in [0.25, 0.3) is 12.2 Å². The Hall–Kier alpha value is -3.93. The maximum Gasteiger partial charge on any atom is 0.269 e. The fourth-order valence-electron chi connectivity index (χ4n) is 4.09. The number of nitrogens with zero attached hydrogens (tertiary/aromatic N) is 2. The van der Waals surface area contributed by atoms with Crippen molar-refractivity contribution in [2.45, 2.75) is 10.5 Å². The summed E-state index contributed by atoms with van der Waals surface area (Å²) in [7, 11) is -4.00. The van der Waals surface area contributed by atoms with Gasteiger partial charge in [-0.05, 0) is 70.8 Å². The Kier molecular flexibility index (Phi) is 9.64. The van der Waals surface area contributed by atoms with E-state index < -0.39 is 30.2 Å². The summed E-state index contributed by atoms with van der Waals surface area (Å²) in [6.07, 6.45) is 6.41. The maximum atomic E-state index is 14.4. The minimum atomic E-state index is -4.00. The number of halogens is 2. The molecule has 0 amide bonds. The lowest BCUT2D eigenvalue weighted by atomic mass is 10.1. The first kappa shape index (κ1) is 30.0. The summed E-state index contributed by atoms with van der Waals surface area (Å²) < 4.78 is 30.4. The second-order valence-electron chi connectivity index (χ2n) is 8.95. The van der Waals surface area contributed by atoms with Crippen molar-refractivity contribution in [3.8, 4) is 0 Å². The van der Waals surface area contributed by atoms with Crippen molar-refractivity contribution in [3.63, 3.8) is 0 Å². The molecule has 0 radical (unpaired) electrons. The number of hydrogen-bond donors (Lipinski definition) is 0. The molecule has 0 N–H and O–H groups in total. The van der Waals surface area contributed by atoms with Crippen LogP contribution < -0.4 is 0 Å². The third kappa shape index (κ3) is 7.63. The highest BCUT2D eigenvalue weighted by molar-refractivity contribution is 9.10. The highest BCUT2D eigenvalue weighted by atomic mass is 79.9. The first-order valence-electron chi connectivity index (χ1n) is 12.1. The average molecular weight is 698 g/mol. The first-order valence-corrected chi connectivity index (χ1v) is 15.3. The smallest absolute Gasteiger partial charge is 0.258 e. The first-order chi connectivity index (χ1) is 19.5. The van der Waals surface area contributed by atoms with Gasteiger partial charge in [0.05, 0.1) is 9.85 Å². The van der Waals surface area contributed by atoms with E-state index in [1.807, 2.05) is 0 Å². The summed E-state index contributed by atoms with van der Waals surface area (Å²) in [5.74, 6) is 0. The molecule has 0 aliphatic rings. The number of hydrogen-bond acceptors (Lipinski definition) is 6. The van der Waals surface area contributed by atoms with Gasteiger partial charge in [-0.25, -0.2) is 8.42 Å². The third-order valence-corrected chi connectivity index (χ3v) is 9.57. The molecule has 2 unspecified atom stereocenters. The van der Waals surface area contributed by atoms with Crippen molar-refractivity contribution in [2.24, 2.45) is 0 Å². The van der Waals surface area contributed by atoms with Crippen molar-refractivity contribution in [2.75, 3.05) is 0 Å². The average Bonchev–Trinajstić information content (AvgIpc) is 2.95. The zero-order valence-electron chi connectivity index (χ0n) is 21.2. The molecule has 0 aliphatic heterocycles. The SMILES string of the molecule is O=[N+]([O-])c1ccc(C=CC(c2ccc(Br)cc2)S(=O)(=O)C(C=Cc2ccc([N+](=O)[O-])cc2)c2ccc(Br)cc2)cc1. The second-order valence-corrected chi connectivity index (χ2v) is 13.0. The molecular weight excluding hydrogens is 676 g/mol. The Labute approximate surface area is 253 Å². The minimum Gasteiger partial charge on any atom is -0.258 e. The van der Waals surface area contributed by atoms with E-state index >= 15 is 0 Å². The number of benzene rings is 4.